The van der Waals surface area contributed by atoms with Gasteiger partial charge >= 0.3 is 0 Å². The van der Waals surface area contributed by atoms with Crippen molar-refractivity contribution < 1.29 is 4.79 Å². The third-order valence-corrected chi connectivity index (χ3v) is 5.59. The second-order valence-electron chi connectivity index (χ2n) is 7.35. The molecule has 0 spiro atoms. The molecule has 0 saturated heterocycles. The van der Waals surface area contributed by atoms with Crippen LogP contribution in [0.1, 0.15) is 18.5 Å². The van der Waals surface area contributed by atoms with Crippen LogP contribution in [-0.4, -0.2) is 25.7 Å². The number of aromatic nitrogens is 4. The van der Waals surface area contributed by atoms with E-state index in [1.54, 1.807) is 35.3 Å². The summed E-state index contributed by atoms with van der Waals surface area (Å²) < 4.78 is 1.72. The van der Waals surface area contributed by atoms with Crippen LogP contribution in [0.25, 0.3) is 11.4 Å². The first kappa shape index (κ1) is 20.0. The van der Waals surface area contributed by atoms with E-state index in [9.17, 15) is 4.79 Å². The van der Waals surface area contributed by atoms with Crippen LogP contribution in [0.5, 0.6) is 0 Å². The SMILES string of the molecule is CC1=C(C(=O)Nc2cccnc2)C(c2ccccc2Cl)n2nc(-c3ccccc3)nc2N1. The van der Waals surface area contributed by atoms with Gasteiger partial charge < -0.3 is 10.6 Å². The Morgan fingerprint density at radius 1 is 1.06 bits per heavy atom. The average Bonchev–Trinajstić information content (AvgIpc) is 3.23. The van der Waals surface area contributed by atoms with Gasteiger partial charge in [-0.2, -0.15) is 4.98 Å². The maximum absolute atomic E-state index is 13.4. The number of carbonyl (C=O) groups is 1. The molecule has 5 rings (SSSR count). The highest BCUT2D eigenvalue weighted by atomic mass is 35.5. The van der Waals surface area contributed by atoms with Crippen molar-refractivity contribution >= 4 is 29.1 Å². The van der Waals surface area contributed by atoms with Gasteiger partial charge in [-0.25, -0.2) is 4.68 Å². The highest BCUT2D eigenvalue weighted by Crippen LogP contribution is 2.39. The Morgan fingerprint density at radius 2 is 1.84 bits per heavy atom. The van der Waals surface area contributed by atoms with E-state index in [4.69, 9.17) is 16.7 Å². The predicted molar refractivity (Wildman–Crippen MR) is 124 cm³/mol. The summed E-state index contributed by atoms with van der Waals surface area (Å²) in [6.45, 7) is 1.85. The Kier molecular flexibility index (Phi) is 5.17. The lowest BCUT2D eigenvalue weighted by Crippen LogP contribution is -2.31. The van der Waals surface area contributed by atoms with Crippen LogP contribution < -0.4 is 10.6 Å². The predicted octanol–water partition coefficient (Wildman–Crippen LogP) is 4.92. The summed E-state index contributed by atoms with van der Waals surface area (Å²) in [6.07, 6.45) is 3.25. The fourth-order valence-corrected chi connectivity index (χ4v) is 4.01. The zero-order chi connectivity index (χ0) is 22.1. The molecule has 2 aromatic heterocycles. The normalized spacial score (nSPS) is 15.1. The summed E-state index contributed by atoms with van der Waals surface area (Å²) in [6, 6.07) is 20.2. The van der Waals surface area contributed by atoms with Crippen molar-refractivity contribution in [1.29, 1.82) is 0 Å². The van der Waals surface area contributed by atoms with Gasteiger partial charge in [0.1, 0.15) is 6.04 Å². The molecule has 8 heteroatoms. The van der Waals surface area contributed by atoms with Crippen molar-refractivity contribution in [2.75, 3.05) is 10.6 Å². The number of hydrogen-bond acceptors (Lipinski definition) is 5. The van der Waals surface area contributed by atoms with E-state index >= 15 is 0 Å². The molecule has 2 aromatic carbocycles. The molecule has 1 aliphatic rings. The number of allylic oxidation sites excluding steroid dienone is 1. The Labute approximate surface area is 189 Å². The van der Waals surface area contributed by atoms with Crippen molar-refractivity contribution in [2.45, 2.75) is 13.0 Å². The van der Waals surface area contributed by atoms with Gasteiger partial charge in [-0.05, 0) is 25.1 Å². The number of anilines is 2. The molecule has 32 heavy (non-hydrogen) atoms. The molecule has 0 fully saturated rings. The molecule has 1 atom stereocenters. The molecule has 1 unspecified atom stereocenters. The minimum atomic E-state index is -0.554. The lowest BCUT2D eigenvalue weighted by atomic mass is 9.95. The Balaban J connectivity index is 1.63. The fourth-order valence-electron chi connectivity index (χ4n) is 3.77. The number of amides is 1. The van der Waals surface area contributed by atoms with Crippen LogP contribution in [-0.2, 0) is 4.79 Å². The number of pyridine rings is 1. The van der Waals surface area contributed by atoms with Gasteiger partial charge in [0.25, 0.3) is 5.91 Å². The molecule has 3 heterocycles. The number of halogens is 1. The van der Waals surface area contributed by atoms with Gasteiger partial charge in [-0.3, -0.25) is 9.78 Å². The smallest absolute Gasteiger partial charge is 0.255 e. The van der Waals surface area contributed by atoms with Crippen molar-refractivity contribution in [1.82, 2.24) is 19.7 Å². The zero-order valence-electron chi connectivity index (χ0n) is 17.2. The second-order valence-corrected chi connectivity index (χ2v) is 7.76. The number of benzene rings is 2. The third-order valence-electron chi connectivity index (χ3n) is 5.25. The van der Waals surface area contributed by atoms with Gasteiger partial charge in [-0.15, -0.1) is 5.10 Å². The molecule has 2 N–H and O–H groups in total. The van der Waals surface area contributed by atoms with E-state index in [1.807, 2.05) is 55.5 Å². The molecule has 1 aliphatic heterocycles. The molecular formula is C24H19ClN6O. The van der Waals surface area contributed by atoms with E-state index < -0.39 is 6.04 Å². The Morgan fingerprint density at radius 3 is 2.59 bits per heavy atom. The van der Waals surface area contributed by atoms with Crippen LogP contribution in [0.15, 0.2) is 90.4 Å². The van der Waals surface area contributed by atoms with E-state index in [1.165, 1.54) is 0 Å². The molecule has 158 valence electrons. The monoisotopic (exact) mass is 442 g/mol. The number of carbonyl (C=O) groups excluding carboxylic acids is 1. The van der Waals surface area contributed by atoms with Gasteiger partial charge in [0.2, 0.25) is 5.95 Å². The fraction of sp³-hybridized carbons (Fsp3) is 0.0833. The number of nitrogens with zero attached hydrogens (tertiary/aromatic N) is 4. The van der Waals surface area contributed by atoms with Gasteiger partial charge in [0, 0.05) is 28.0 Å². The lowest BCUT2D eigenvalue weighted by molar-refractivity contribution is -0.113. The first-order chi connectivity index (χ1) is 15.6. The molecule has 0 radical (unpaired) electrons. The number of fused-ring (bicyclic) bond motifs is 1. The van der Waals surface area contributed by atoms with Crippen molar-refractivity contribution in [3.05, 3.63) is 101 Å². The topological polar surface area (TPSA) is 84.7 Å². The molecule has 0 bridgehead atoms. The van der Waals surface area contributed by atoms with E-state index in [0.717, 1.165) is 11.1 Å². The number of nitrogens with one attached hydrogen (secondary N) is 2. The van der Waals surface area contributed by atoms with Crippen LogP contribution in [0.2, 0.25) is 5.02 Å². The summed E-state index contributed by atoms with van der Waals surface area (Å²) in [5.41, 5.74) is 3.42. The maximum Gasteiger partial charge on any atom is 0.255 e. The molecule has 0 aliphatic carbocycles. The van der Waals surface area contributed by atoms with E-state index in [0.29, 0.717) is 33.8 Å². The summed E-state index contributed by atoms with van der Waals surface area (Å²) >= 11 is 6.58. The highest BCUT2D eigenvalue weighted by molar-refractivity contribution is 6.31. The first-order valence-electron chi connectivity index (χ1n) is 10.1. The molecule has 1 amide bonds. The largest absolute Gasteiger partial charge is 0.328 e. The van der Waals surface area contributed by atoms with Crippen LogP contribution in [0.3, 0.4) is 0 Å². The highest BCUT2D eigenvalue weighted by Gasteiger charge is 2.35. The standard InChI is InChI=1S/C24H19ClN6O/c1-15-20(23(32)28-17-10-7-13-26-14-17)21(18-11-5-6-12-19(18)25)31-24(27-15)29-22(30-31)16-8-3-2-4-9-16/h2-14,21H,1H3,(H,28,32)(H,27,29,30). The minimum absolute atomic E-state index is 0.268. The number of rotatable bonds is 4. The molecular weight excluding hydrogens is 424 g/mol. The van der Waals surface area contributed by atoms with Crippen LogP contribution in [0.4, 0.5) is 11.6 Å². The average molecular weight is 443 g/mol. The minimum Gasteiger partial charge on any atom is -0.328 e. The Bertz CT molecular complexity index is 1320. The first-order valence-corrected chi connectivity index (χ1v) is 10.4. The summed E-state index contributed by atoms with van der Waals surface area (Å²) in [4.78, 5) is 22.2. The van der Waals surface area contributed by atoms with Crippen molar-refractivity contribution in [3.63, 3.8) is 0 Å². The summed E-state index contributed by atoms with van der Waals surface area (Å²) in [7, 11) is 0. The molecule has 7 nitrogen and oxygen atoms in total. The quantitative estimate of drug-likeness (QED) is 0.468. The van der Waals surface area contributed by atoms with Crippen LogP contribution >= 0.6 is 11.6 Å². The molecule has 4 aromatic rings. The van der Waals surface area contributed by atoms with Crippen LogP contribution in [0, 0.1) is 0 Å². The summed E-state index contributed by atoms with van der Waals surface area (Å²) in [5.74, 6) is 0.839. The third kappa shape index (κ3) is 3.63. The lowest BCUT2D eigenvalue weighted by Gasteiger charge is -2.29. The maximum atomic E-state index is 13.4. The van der Waals surface area contributed by atoms with Crippen molar-refractivity contribution in [2.24, 2.45) is 0 Å². The zero-order valence-corrected chi connectivity index (χ0v) is 17.9. The van der Waals surface area contributed by atoms with E-state index in [2.05, 4.69) is 20.6 Å². The van der Waals surface area contributed by atoms with Gasteiger partial charge in [0.15, 0.2) is 5.82 Å². The van der Waals surface area contributed by atoms with Crippen molar-refractivity contribution in [3.8, 4) is 11.4 Å². The van der Waals surface area contributed by atoms with Gasteiger partial charge in [0.05, 0.1) is 17.5 Å². The Hall–Kier alpha value is -3.97. The number of hydrogen-bond donors (Lipinski definition) is 2. The van der Waals surface area contributed by atoms with E-state index in [-0.39, 0.29) is 5.91 Å². The second kappa shape index (κ2) is 8.28. The summed E-state index contributed by atoms with van der Waals surface area (Å²) in [5, 5.41) is 11.5. The van der Waals surface area contributed by atoms with Gasteiger partial charge in [-0.1, -0.05) is 60.1 Å². The molecule has 0 saturated carbocycles.